The van der Waals surface area contributed by atoms with E-state index in [-0.39, 0.29) is 10.8 Å². The van der Waals surface area contributed by atoms with Gasteiger partial charge in [-0.25, -0.2) is 4.42 Å². The molecule has 4 rings (SSSR count). The molecule has 0 atom stereocenters. The van der Waals surface area contributed by atoms with Crippen molar-refractivity contribution in [2.24, 2.45) is 5.41 Å². The van der Waals surface area contributed by atoms with Gasteiger partial charge in [0.15, 0.2) is 0 Å². The standard InChI is InChI=1S/C33H35O2/c1-32(2,3)26-20-28(34-30(22-26)24-14-9-7-10-15-24)18-13-19-29-21-27(33(4,5)6)23-31(35-29)25-16-11-8-12-17-25/h7-23H,1-6H3/q+1. The lowest BCUT2D eigenvalue weighted by molar-refractivity contribution is 0.386. The molecule has 0 amide bonds. The van der Waals surface area contributed by atoms with E-state index in [9.17, 15) is 0 Å². The maximum atomic E-state index is 6.27. The van der Waals surface area contributed by atoms with E-state index in [4.69, 9.17) is 9.15 Å². The summed E-state index contributed by atoms with van der Waals surface area (Å²) < 4.78 is 12.5. The van der Waals surface area contributed by atoms with Gasteiger partial charge < -0.3 is 4.74 Å². The Labute approximate surface area is 210 Å². The van der Waals surface area contributed by atoms with E-state index in [1.165, 1.54) is 11.1 Å². The summed E-state index contributed by atoms with van der Waals surface area (Å²) in [7, 11) is 0. The summed E-state index contributed by atoms with van der Waals surface area (Å²) in [5, 5.41) is 0. The van der Waals surface area contributed by atoms with Crippen LogP contribution in [0.1, 0.15) is 58.4 Å². The molecule has 2 heteroatoms. The summed E-state index contributed by atoms with van der Waals surface area (Å²) in [4.78, 5) is 0. The van der Waals surface area contributed by atoms with Crippen molar-refractivity contribution in [1.82, 2.24) is 0 Å². The molecule has 1 aliphatic rings. The maximum absolute atomic E-state index is 6.27. The number of allylic oxidation sites excluding steroid dienone is 5. The van der Waals surface area contributed by atoms with Crippen molar-refractivity contribution in [2.45, 2.75) is 47.0 Å². The molecule has 0 saturated carbocycles. The van der Waals surface area contributed by atoms with Gasteiger partial charge in [0.05, 0.1) is 5.56 Å². The Hall–Kier alpha value is -3.65. The third-order valence-corrected chi connectivity index (χ3v) is 5.99. The first-order valence-corrected chi connectivity index (χ1v) is 12.2. The molecule has 2 aromatic carbocycles. The van der Waals surface area contributed by atoms with Gasteiger partial charge >= 0.3 is 11.5 Å². The Morgan fingerprint density at radius 2 is 1.34 bits per heavy atom. The number of ether oxygens (including phenoxy) is 1. The van der Waals surface area contributed by atoms with Crippen LogP contribution in [0.15, 0.2) is 113 Å². The molecule has 2 nitrogen and oxygen atoms in total. The molecule has 0 N–H and O–H groups in total. The summed E-state index contributed by atoms with van der Waals surface area (Å²) >= 11 is 0. The van der Waals surface area contributed by atoms with E-state index < -0.39 is 0 Å². The van der Waals surface area contributed by atoms with Gasteiger partial charge in [0, 0.05) is 23.8 Å². The van der Waals surface area contributed by atoms with Crippen LogP contribution in [0.2, 0.25) is 0 Å². The Bertz CT molecular complexity index is 1290. The highest BCUT2D eigenvalue weighted by Crippen LogP contribution is 2.36. The molecule has 0 spiro atoms. The number of rotatable bonds is 4. The van der Waals surface area contributed by atoms with Crippen molar-refractivity contribution in [3.63, 3.8) is 0 Å². The zero-order valence-electron chi connectivity index (χ0n) is 21.6. The fraction of sp³-hybridized carbons (Fsp3) is 0.242. The van der Waals surface area contributed by atoms with Gasteiger partial charge in [-0.2, -0.15) is 0 Å². The lowest BCUT2D eigenvalue weighted by Gasteiger charge is -2.26. The number of hydrogen-bond acceptors (Lipinski definition) is 1. The third kappa shape index (κ3) is 6.27. The fourth-order valence-electron chi connectivity index (χ4n) is 3.80. The highest BCUT2D eigenvalue weighted by molar-refractivity contribution is 5.67. The van der Waals surface area contributed by atoms with Crippen molar-refractivity contribution in [3.8, 4) is 11.3 Å². The smallest absolute Gasteiger partial charge is 0.361 e. The minimum atomic E-state index is 0.00751. The van der Waals surface area contributed by atoms with E-state index in [0.717, 1.165) is 34.2 Å². The Kier molecular flexibility index (Phi) is 6.93. The Balaban J connectivity index is 1.68. The number of hydrogen-bond donors (Lipinski definition) is 0. The van der Waals surface area contributed by atoms with Gasteiger partial charge in [-0.1, -0.05) is 90.1 Å². The van der Waals surface area contributed by atoms with Crippen LogP contribution in [0, 0.1) is 5.41 Å². The van der Waals surface area contributed by atoms with Crippen LogP contribution in [0.3, 0.4) is 0 Å². The van der Waals surface area contributed by atoms with Gasteiger partial charge in [-0.15, -0.1) is 0 Å². The molecule has 0 aliphatic carbocycles. The summed E-state index contributed by atoms with van der Waals surface area (Å²) in [5.74, 6) is 3.34. The summed E-state index contributed by atoms with van der Waals surface area (Å²) in [6.45, 7) is 13.3. The van der Waals surface area contributed by atoms with Crippen molar-refractivity contribution in [3.05, 3.63) is 125 Å². The summed E-state index contributed by atoms with van der Waals surface area (Å²) in [5.41, 5.74) is 4.61. The van der Waals surface area contributed by atoms with E-state index in [1.807, 2.05) is 54.6 Å². The summed E-state index contributed by atoms with van der Waals surface area (Å²) in [6, 6.07) is 24.7. The molecule has 0 bridgehead atoms. The average Bonchev–Trinajstić information content (AvgIpc) is 2.84. The molecule has 0 saturated heterocycles. The molecular formula is C33H35O2+. The largest absolute Gasteiger partial charge is 0.457 e. The van der Waals surface area contributed by atoms with Crippen molar-refractivity contribution < 1.29 is 9.15 Å². The zero-order valence-corrected chi connectivity index (χ0v) is 21.6. The van der Waals surface area contributed by atoms with Gasteiger partial charge in [0.25, 0.3) is 0 Å². The van der Waals surface area contributed by atoms with Gasteiger partial charge in [-0.3, -0.25) is 0 Å². The molecule has 178 valence electrons. The van der Waals surface area contributed by atoms with Crippen LogP contribution in [-0.2, 0) is 10.2 Å². The molecular weight excluding hydrogens is 428 g/mol. The quantitative estimate of drug-likeness (QED) is 0.359. The SMILES string of the molecule is CC(C)(C)C1=C/C(=C\C=C\c2cc(C(C)(C)C)cc(-c3ccccc3)[o+]2)OC(c2ccccc2)=C1. The van der Waals surface area contributed by atoms with E-state index in [1.54, 1.807) is 0 Å². The van der Waals surface area contributed by atoms with Crippen molar-refractivity contribution >= 4 is 11.8 Å². The predicted octanol–water partition coefficient (Wildman–Crippen LogP) is 9.47. The van der Waals surface area contributed by atoms with Crippen LogP contribution in [0.4, 0.5) is 0 Å². The molecule has 1 aliphatic heterocycles. The first kappa shape index (κ1) is 24.5. The second-order valence-corrected chi connectivity index (χ2v) is 11.0. The lowest BCUT2D eigenvalue weighted by Crippen LogP contribution is -2.12. The minimum Gasteiger partial charge on any atom is -0.457 e. The molecule has 0 radical (unpaired) electrons. The molecule has 35 heavy (non-hydrogen) atoms. The molecule has 2 heterocycles. The monoisotopic (exact) mass is 463 g/mol. The molecule has 0 fully saturated rings. The highest BCUT2D eigenvalue weighted by Gasteiger charge is 2.24. The van der Waals surface area contributed by atoms with Gasteiger partial charge in [0.2, 0.25) is 0 Å². The fourth-order valence-corrected chi connectivity index (χ4v) is 3.80. The van der Waals surface area contributed by atoms with E-state index in [0.29, 0.717) is 0 Å². The molecule has 0 unspecified atom stereocenters. The highest BCUT2D eigenvalue weighted by atomic mass is 16.5. The van der Waals surface area contributed by atoms with E-state index >= 15 is 0 Å². The maximum Gasteiger partial charge on any atom is 0.361 e. The van der Waals surface area contributed by atoms with Crippen LogP contribution in [-0.4, -0.2) is 0 Å². The predicted molar refractivity (Wildman–Crippen MR) is 147 cm³/mol. The van der Waals surface area contributed by atoms with Gasteiger partial charge in [-0.05, 0) is 58.4 Å². The topological polar surface area (TPSA) is 20.5 Å². The van der Waals surface area contributed by atoms with Crippen LogP contribution < -0.4 is 0 Å². The lowest BCUT2D eigenvalue weighted by atomic mass is 9.84. The first-order chi connectivity index (χ1) is 16.6. The summed E-state index contributed by atoms with van der Waals surface area (Å²) in [6.07, 6.45) is 10.3. The Morgan fingerprint density at radius 1 is 0.714 bits per heavy atom. The second kappa shape index (κ2) is 9.92. The molecule has 3 aromatic rings. The van der Waals surface area contributed by atoms with Crippen molar-refractivity contribution in [1.29, 1.82) is 0 Å². The first-order valence-electron chi connectivity index (χ1n) is 12.2. The normalized spacial score (nSPS) is 15.7. The molecule has 1 aromatic heterocycles. The minimum absolute atomic E-state index is 0.00751. The Morgan fingerprint density at radius 3 is 1.94 bits per heavy atom. The van der Waals surface area contributed by atoms with Crippen molar-refractivity contribution in [2.75, 3.05) is 0 Å². The van der Waals surface area contributed by atoms with E-state index in [2.05, 4.69) is 90.1 Å². The van der Waals surface area contributed by atoms with Gasteiger partial charge in [0.1, 0.15) is 11.5 Å². The van der Waals surface area contributed by atoms with Crippen LogP contribution in [0.5, 0.6) is 0 Å². The number of benzene rings is 2. The second-order valence-electron chi connectivity index (χ2n) is 11.0. The average molecular weight is 464 g/mol. The third-order valence-electron chi connectivity index (χ3n) is 5.99. The van der Waals surface area contributed by atoms with Crippen LogP contribution >= 0.6 is 0 Å². The zero-order chi connectivity index (χ0) is 25.1. The van der Waals surface area contributed by atoms with Crippen LogP contribution in [0.25, 0.3) is 23.2 Å².